The highest BCUT2D eigenvalue weighted by molar-refractivity contribution is 5.96. The number of hydrogen-bond acceptors (Lipinski definition) is 1. The third kappa shape index (κ3) is 1.35. The molecule has 0 aromatic heterocycles. The molecule has 0 fully saturated rings. The van der Waals surface area contributed by atoms with Crippen LogP contribution in [0, 0.1) is 0 Å². The van der Waals surface area contributed by atoms with Crippen LogP contribution >= 0.6 is 0 Å². The Bertz CT molecular complexity index is 554. The molecule has 0 aliphatic carbocycles. The van der Waals surface area contributed by atoms with Gasteiger partial charge in [-0.1, -0.05) is 43.7 Å². The van der Waals surface area contributed by atoms with Crippen LogP contribution in [0.3, 0.4) is 0 Å². The van der Waals surface area contributed by atoms with Crippen molar-refractivity contribution in [3.63, 3.8) is 0 Å². The third-order valence-corrected chi connectivity index (χ3v) is 3.31. The van der Waals surface area contributed by atoms with Gasteiger partial charge in [0, 0.05) is 12.1 Å². The molecule has 0 bridgehead atoms. The second kappa shape index (κ2) is 3.75. The molecule has 1 heterocycles. The van der Waals surface area contributed by atoms with Crippen LogP contribution in [0.4, 0.5) is 5.69 Å². The molecule has 0 saturated carbocycles. The van der Waals surface area contributed by atoms with Crippen molar-refractivity contribution < 1.29 is 0 Å². The highest BCUT2D eigenvalue weighted by Crippen LogP contribution is 2.39. The fourth-order valence-electron chi connectivity index (χ4n) is 2.56. The number of aliphatic imine (C=N–C) groups is 1. The summed E-state index contributed by atoms with van der Waals surface area (Å²) >= 11 is 0. The lowest BCUT2D eigenvalue weighted by Gasteiger charge is -2.11. The molecule has 0 radical (unpaired) electrons. The van der Waals surface area contributed by atoms with Crippen molar-refractivity contribution in [1.29, 1.82) is 0 Å². The quantitative estimate of drug-likeness (QED) is 0.693. The van der Waals surface area contributed by atoms with Gasteiger partial charge in [-0.05, 0) is 28.8 Å². The van der Waals surface area contributed by atoms with Crippen molar-refractivity contribution in [2.45, 2.75) is 25.7 Å². The smallest absolute Gasteiger partial charge is 0.0670 e. The van der Waals surface area contributed by atoms with Crippen molar-refractivity contribution in [3.8, 4) is 0 Å². The van der Waals surface area contributed by atoms with Gasteiger partial charge in [0.05, 0.1) is 5.69 Å². The van der Waals surface area contributed by atoms with E-state index in [4.69, 9.17) is 0 Å². The minimum atomic E-state index is 0.520. The van der Waals surface area contributed by atoms with Crippen molar-refractivity contribution in [2.75, 3.05) is 0 Å². The van der Waals surface area contributed by atoms with Gasteiger partial charge in [-0.2, -0.15) is 0 Å². The molecule has 2 aromatic rings. The predicted octanol–water partition coefficient (Wildman–Crippen LogP) is 4.44. The fourth-order valence-corrected chi connectivity index (χ4v) is 2.56. The topological polar surface area (TPSA) is 12.4 Å². The predicted molar refractivity (Wildman–Crippen MR) is 69.7 cm³/mol. The Balaban J connectivity index is 2.23. The Hall–Kier alpha value is -1.63. The number of nitrogens with zero attached hydrogens (tertiary/aromatic N) is 1. The van der Waals surface area contributed by atoms with Gasteiger partial charge in [-0.25, -0.2) is 0 Å². The molecule has 3 rings (SSSR count). The molecular weight excluding hydrogens is 194 g/mol. The zero-order valence-corrected chi connectivity index (χ0v) is 9.48. The molecule has 1 aliphatic heterocycles. The van der Waals surface area contributed by atoms with Gasteiger partial charge in [0.1, 0.15) is 0 Å². The number of fused-ring (bicyclic) bond motifs is 3. The van der Waals surface area contributed by atoms with Crippen molar-refractivity contribution >= 4 is 22.7 Å². The largest absolute Gasteiger partial charge is 0.260 e. The molecule has 1 atom stereocenters. The standard InChI is InChI=1S/C15H15N/c1-2-5-12-10-16-14-9-8-11-6-3-4-7-13(11)15(12)14/h3-4,6-10,12H,2,5H2,1H3. The Morgan fingerprint density at radius 3 is 2.88 bits per heavy atom. The third-order valence-electron chi connectivity index (χ3n) is 3.31. The molecule has 80 valence electrons. The molecule has 0 spiro atoms. The second-order valence-electron chi connectivity index (χ2n) is 4.39. The van der Waals surface area contributed by atoms with Crippen LogP contribution in [0.25, 0.3) is 10.8 Å². The van der Waals surface area contributed by atoms with E-state index in [9.17, 15) is 0 Å². The molecule has 0 saturated heterocycles. The van der Waals surface area contributed by atoms with E-state index < -0.39 is 0 Å². The van der Waals surface area contributed by atoms with E-state index in [1.54, 1.807) is 0 Å². The lowest BCUT2D eigenvalue weighted by atomic mass is 9.92. The van der Waals surface area contributed by atoms with Crippen LogP contribution in [-0.2, 0) is 0 Å². The first-order valence-electron chi connectivity index (χ1n) is 5.96. The molecular formula is C15H15N. The summed E-state index contributed by atoms with van der Waals surface area (Å²) in [5.41, 5.74) is 2.59. The molecule has 1 heteroatoms. The zero-order chi connectivity index (χ0) is 11.0. The summed E-state index contributed by atoms with van der Waals surface area (Å²) in [6.07, 6.45) is 4.52. The molecule has 0 amide bonds. The number of rotatable bonds is 2. The van der Waals surface area contributed by atoms with Gasteiger partial charge in [-0.3, -0.25) is 4.99 Å². The summed E-state index contributed by atoms with van der Waals surface area (Å²) < 4.78 is 0. The maximum atomic E-state index is 4.52. The molecule has 1 aliphatic rings. The molecule has 0 N–H and O–H groups in total. The minimum Gasteiger partial charge on any atom is -0.260 e. The van der Waals surface area contributed by atoms with Gasteiger partial charge in [0.2, 0.25) is 0 Å². The first kappa shape index (κ1) is 9.59. The first-order chi connectivity index (χ1) is 7.90. The second-order valence-corrected chi connectivity index (χ2v) is 4.39. The van der Waals surface area contributed by atoms with E-state index in [1.165, 1.54) is 29.2 Å². The van der Waals surface area contributed by atoms with E-state index in [0.29, 0.717) is 5.92 Å². The molecule has 16 heavy (non-hydrogen) atoms. The summed E-state index contributed by atoms with van der Waals surface area (Å²) in [4.78, 5) is 4.52. The average Bonchev–Trinajstić information content (AvgIpc) is 2.73. The average molecular weight is 209 g/mol. The minimum absolute atomic E-state index is 0.520. The summed E-state index contributed by atoms with van der Waals surface area (Å²) in [5, 5.41) is 2.70. The molecule has 2 aromatic carbocycles. The highest BCUT2D eigenvalue weighted by atomic mass is 14.8. The van der Waals surface area contributed by atoms with Crippen molar-refractivity contribution in [3.05, 3.63) is 42.0 Å². The number of hydrogen-bond donors (Lipinski definition) is 0. The highest BCUT2D eigenvalue weighted by Gasteiger charge is 2.20. The SMILES string of the molecule is CCCC1C=Nc2ccc3ccccc3c21. The van der Waals surface area contributed by atoms with Crippen molar-refractivity contribution in [2.24, 2.45) is 4.99 Å². The summed E-state index contributed by atoms with van der Waals surface area (Å²) in [6.45, 7) is 2.23. The van der Waals surface area contributed by atoms with Gasteiger partial charge >= 0.3 is 0 Å². The van der Waals surface area contributed by atoms with E-state index in [2.05, 4.69) is 54.5 Å². The van der Waals surface area contributed by atoms with Gasteiger partial charge < -0.3 is 0 Å². The van der Waals surface area contributed by atoms with Gasteiger partial charge in [0.15, 0.2) is 0 Å². The van der Waals surface area contributed by atoms with Gasteiger partial charge in [0.25, 0.3) is 0 Å². The van der Waals surface area contributed by atoms with Crippen LogP contribution in [-0.4, -0.2) is 6.21 Å². The maximum Gasteiger partial charge on any atom is 0.0670 e. The summed E-state index contributed by atoms with van der Waals surface area (Å²) in [6, 6.07) is 12.9. The Morgan fingerprint density at radius 2 is 2.00 bits per heavy atom. The Kier molecular flexibility index (Phi) is 2.24. The molecule has 1 nitrogen and oxygen atoms in total. The normalized spacial score (nSPS) is 17.9. The van der Waals surface area contributed by atoms with Gasteiger partial charge in [-0.15, -0.1) is 0 Å². The van der Waals surface area contributed by atoms with E-state index in [-0.39, 0.29) is 0 Å². The van der Waals surface area contributed by atoms with Crippen LogP contribution in [0.15, 0.2) is 41.4 Å². The van der Waals surface area contributed by atoms with E-state index >= 15 is 0 Å². The van der Waals surface area contributed by atoms with Crippen LogP contribution < -0.4 is 0 Å². The zero-order valence-electron chi connectivity index (χ0n) is 9.48. The number of benzene rings is 2. The summed E-state index contributed by atoms with van der Waals surface area (Å²) in [5.74, 6) is 0.520. The van der Waals surface area contributed by atoms with Crippen molar-refractivity contribution in [1.82, 2.24) is 0 Å². The van der Waals surface area contributed by atoms with E-state index in [1.807, 2.05) is 0 Å². The first-order valence-corrected chi connectivity index (χ1v) is 5.96. The molecule has 1 unspecified atom stereocenters. The fraction of sp³-hybridized carbons (Fsp3) is 0.267. The summed E-state index contributed by atoms with van der Waals surface area (Å²) in [7, 11) is 0. The Morgan fingerprint density at radius 1 is 1.12 bits per heavy atom. The monoisotopic (exact) mass is 209 g/mol. The lowest BCUT2D eigenvalue weighted by Crippen LogP contribution is -1.96. The maximum absolute atomic E-state index is 4.52. The van der Waals surface area contributed by atoms with Crippen LogP contribution in [0.2, 0.25) is 0 Å². The lowest BCUT2D eigenvalue weighted by molar-refractivity contribution is 0.767. The van der Waals surface area contributed by atoms with Crippen LogP contribution in [0.5, 0.6) is 0 Å². The van der Waals surface area contributed by atoms with E-state index in [0.717, 1.165) is 5.69 Å². The van der Waals surface area contributed by atoms with Crippen LogP contribution in [0.1, 0.15) is 31.2 Å². The Labute approximate surface area is 95.8 Å².